The molecule has 0 aromatic heterocycles. The van der Waals surface area contributed by atoms with E-state index in [0.717, 1.165) is 5.56 Å². The third-order valence-electron chi connectivity index (χ3n) is 2.78. The van der Waals surface area contributed by atoms with Crippen LogP contribution in [0.3, 0.4) is 0 Å². The molecule has 0 saturated carbocycles. The van der Waals surface area contributed by atoms with Gasteiger partial charge in [0.05, 0.1) is 0 Å². The Kier molecular flexibility index (Phi) is 7.99. The smallest absolute Gasteiger partial charge is 0.411 e. The van der Waals surface area contributed by atoms with Gasteiger partial charge in [-0.15, -0.1) is 0 Å². The summed E-state index contributed by atoms with van der Waals surface area (Å²) in [6.45, 7) is 6.97. The fourth-order valence-electron chi connectivity index (χ4n) is 1.60. The number of hydrogen-bond donors (Lipinski definition) is 2. The van der Waals surface area contributed by atoms with E-state index in [-0.39, 0.29) is 12.6 Å². The van der Waals surface area contributed by atoms with Crippen molar-refractivity contribution in [2.24, 2.45) is 0 Å². The van der Waals surface area contributed by atoms with Crippen molar-refractivity contribution in [3.05, 3.63) is 29.8 Å². The second kappa shape index (κ2) is 9.78. The molecule has 0 aliphatic carbocycles. The molecule has 0 radical (unpaired) electrons. The molecular weight excluding hydrogens is 284 g/mol. The third kappa shape index (κ3) is 7.64. The Bertz CT molecular complexity index is 472. The van der Waals surface area contributed by atoms with Crippen molar-refractivity contribution < 1.29 is 19.1 Å². The molecule has 0 aliphatic rings. The van der Waals surface area contributed by atoms with Crippen LogP contribution in [-0.4, -0.2) is 31.3 Å². The largest absolute Gasteiger partial charge is 0.461 e. The van der Waals surface area contributed by atoms with Gasteiger partial charge in [0.15, 0.2) is 0 Å². The van der Waals surface area contributed by atoms with Crippen LogP contribution in [0.4, 0.5) is 10.5 Å². The van der Waals surface area contributed by atoms with Crippen LogP contribution in [0.2, 0.25) is 0 Å². The maximum absolute atomic E-state index is 11.6. The minimum absolute atomic E-state index is 0.234. The highest BCUT2D eigenvalue weighted by Crippen LogP contribution is 2.11. The lowest BCUT2D eigenvalue weighted by Crippen LogP contribution is -2.28. The van der Waals surface area contributed by atoms with Gasteiger partial charge in [-0.1, -0.05) is 32.9 Å². The first kappa shape index (κ1) is 18.0. The highest BCUT2D eigenvalue weighted by atomic mass is 16.5. The van der Waals surface area contributed by atoms with E-state index in [0.29, 0.717) is 31.3 Å². The van der Waals surface area contributed by atoms with E-state index in [9.17, 15) is 9.59 Å². The van der Waals surface area contributed by atoms with E-state index in [1.165, 1.54) is 0 Å². The van der Waals surface area contributed by atoms with Gasteiger partial charge >= 0.3 is 12.1 Å². The number of nitrogens with one attached hydrogen (secondary N) is 2. The summed E-state index contributed by atoms with van der Waals surface area (Å²) < 4.78 is 10.1. The highest BCUT2D eigenvalue weighted by Gasteiger charge is 2.04. The quantitative estimate of drug-likeness (QED) is 0.570. The lowest BCUT2D eigenvalue weighted by molar-refractivity contribution is -0.144. The summed E-state index contributed by atoms with van der Waals surface area (Å²) in [5.74, 6) is -0.235. The number of esters is 1. The van der Waals surface area contributed by atoms with Gasteiger partial charge in [-0.25, -0.2) is 4.79 Å². The Morgan fingerprint density at radius 2 is 1.82 bits per heavy atom. The lowest BCUT2D eigenvalue weighted by atomic mass is 10.2. The zero-order valence-corrected chi connectivity index (χ0v) is 13.3. The first-order chi connectivity index (χ1) is 10.5. The first-order valence-electron chi connectivity index (χ1n) is 7.43. The van der Waals surface area contributed by atoms with Crippen molar-refractivity contribution in [1.82, 2.24) is 5.32 Å². The molecule has 1 aromatic rings. The highest BCUT2D eigenvalue weighted by molar-refractivity contribution is 5.84. The molecule has 2 N–H and O–H groups in total. The summed E-state index contributed by atoms with van der Waals surface area (Å²) in [5, 5.41) is 5.79. The van der Waals surface area contributed by atoms with E-state index in [2.05, 4.69) is 10.6 Å². The van der Waals surface area contributed by atoms with Crippen LogP contribution in [0.15, 0.2) is 24.3 Å². The average molecular weight is 308 g/mol. The molecule has 0 atom stereocenters. The molecule has 1 rings (SSSR count). The van der Waals surface area contributed by atoms with Crippen molar-refractivity contribution in [3.63, 3.8) is 0 Å². The third-order valence-corrected chi connectivity index (χ3v) is 2.78. The molecule has 6 heteroatoms. The zero-order valence-electron chi connectivity index (χ0n) is 13.3. The molecule has 22 heavy (non-hydrogen) atoms. The molecule has 6 nitrogen and oxygen atoms in total. The standard InChI is InChI=1S/C16H24N2O4/c1-4-15(19)22-11-13-5-7-14(8-6-13)18-16(20)21-10-9-17-12(2)3/h5-8,12,17H,4,9-11H2,1-3H3,(H,18,20). The van der Waals surface area contributed by atoms with Crippen LogP contribution in [0.5, 0.6) is 0 Å². The van der Waals surface area contributed by atoms with Gasteiger partial charge in [-0.2, -0.15) is 0 Å². The summed E-state index contributed by atoms with van der Waals surface area (Å²) in [6.07, 6.45) is -0.132. The van der Waals surface area contributed by atoms with Crippen LogP contribution in [0.1, 0.15) is 32.8 Å². The van der Waals surface area contributed by atoms with E-state index >= 15 is 0 Å². The Labute approximate surface area is 131 Å². The second-order valence-electron chi connectivity index (χ2n) is 5.08. The normalized spacial score (nSPS) is 10.4. The molecule has 0 saturated heterocycles. The Morgan fingerprint density at radius 1 is 1.14 bits per heavy atom. The predicted octanol–water partition coefficient (Wildman–Crippen LogP) is 2.69. The van der Waals surface area contributed by atoms with E-state index in [4.69, 9.17) is 9.47 Å². The summed E-state index contributed by atoms with van der Waals surface area (Å²) >= 11 is 0. The number of carbonyl (C=O) groups excluding carboxylic acids is 2. The Hall–Kier alpha value is -2.08. The number of carbonyl (C=O) groups is 2. The van der Waals surface area contributed by atoms with Crippen LogP contribution >= 0.6 is 0 Å². The van der Waals surface area contributed by atoms with E-state index < -0.39 is 6.09 Å². The maximum atomic E-state index is 11.6. The number of hydrogen-bond acceptors (Lipinski definition) is 5. The molecule has 0 spiro atoms. The van der Waals surface area contributed by atoms with Crippen LogP contribution in [-0.2, 0) is 20.9 Å². The van der Waals surface area contributed by atoms with Gasteiger partial charge in [-0.05, 0) is 17.7 Å². The minimum Gasteiger partial charge on any atom is -0.461 e. The molecular formula is C16H24N2O4. The molecule has 1 aromatic carbocycles. The zero-order chi connectivity index (χ0) is 16.4. The van der Waals surface area contributed by atoms with Gasteiger partial charge in [-0.3, -0.25) is 10.1 Å². The predicted molar refractivity (Wildman–Crippen MR) is 84.6 cm³/mol. The summed E-state index contributed by atoms with van der Waals surface area (Å²) in [6, 6.07) is 7.42. The van der Waals surface area contributed by atoms with Crippen LogP contribution < -0.4 is 10.6 Å². The van der Waals surface area contributed by atoms with Crippen molar-refractivity contribution in [1.29, 1.82) is 0 Å². The van der Waals surface area contributed by atoms with Crippen molar-refractivity contribution in [2.75, 3.05) is 18.5 Å². The lowest BCUT2D eigenvalue weighted by Gasteiger charge is -2.10. The fourth-order valence-corrected chi connectivity index (χ4v) is 1.60. The molecule has 0 bridgehead atoms. The molecule has 0 unspecified atom stereocenters. The molecule has 1 amide bonds. The average Bonchev–Trinajstić information content (AvgIpc) is 2.50. The van der Waals surface area contributed by atoms with Gasteiger partial charge in [0.2, 0.25) is 0 Å². The monoisotopic (exact) mass is 308 g/mol. The summed E-state index contributed by atoms with van der Waals surface area (Å²) in [4.78, 5) is 22.6. The maximum Gasteiger partial charge on any atom is 0.411 e. The second-order valence-corrected chi connectivity index (χ2v) is 5.08. The minimum atomic E-state index is -0.490. The van der Waals surface area contributed by atoms with Crippen LogP contribution in [0.25, 0.3) is 0 Å². The number of anilines is 1. The van der Waals surface area contributed by atoms with Gasteiger partial charge in [0.25, 0.3) is 0 Å². The Morgan fingerprint density at radius 3 is 2.41 bits per heavy atom. The van der Waals surface area contributed by atoms with Gasteiger partial charge in [0.1, 0.15) is 13.2 Å². The van der Waals surface area contributed by atoms with Crippen molar-refractivity contribution >= 4 is 17.7 Å². The topological polar surface area (TPSA) is 76.7 Å². The van der Waals surface area contributed by atoms with Crippen molar-refractivity contribution in [3.8, 4) is 0 Å². The SMILES string of the molecule is CCC(=O)OCc1ccc(NC(=O)OCCNC(C)C)cc1. The Balaban J connectivity index is 2.31. The van der Waals surface area contributed by atoms with Crippen molar-refractivity contribution in [2.45, 2.75) is 39.8 Å². The summed E-state index contributed by atoms with van der Waals surface area (Å²) in [7, 11) is 0. The first-order valence-corrected chi connectivity index (χ1v) is 7.43. The van der Waals surface area contributed by atoms with Crippen LogP contribution in [0, 0.1) is 0 Å². The number of rotatable bonds is 8. The number of benzene rings is 1. The van der Waals surface area contributed by atoms with Gasteiger partial charge in [0, 0.05) is 24.7 Å². The summed E-state index contributed by atoms with van der Waals surface area (Å²) in [5.41, 5.74) is 1.49. The fraction of sp³-hybridized carbons (Fsp3) is 0.500. The molecule has 122 valence electrons. The molecule has 0 aliphatic heterocycles. The number of ether oxygens (including phenoxy) is 2. The van der Waals surface area contributed by atoms with E-state index in [1.54, 1.807) is 31.2 Å². The van der Waals surface area contributed by atoms with Gasteiger partial charge < -0.3 is 14.8 Å². The molecule has 0 fully saturated rings. The molecule has 0 heterocycles. The number of amides is 1. The van der Waals surface area contributed by atoms with E-state index in [1.807, 2.05) is 13.8 Å².